The Balaban J connectivity index is 2.82. The number of rotatable bonds is 6. The lowest BCUT2D eigenvalue weighted by Gasteiger charge is -2.27. The van der Waals surface area contributed by atoms with Crippen molar-refractivity contribution >= 4 is 6.09 Å². The highest BCUT2D eigenvalue weighted by molar-refractivity contribution is 5.64. The lowest BCUT2D eigenvalue weighted by Crippen LogP contribution is -2.35. The number of methoxy groups -OCH3 is 1. The summed E-state index contributed by atoms with van der Waals surface area (Å²) in [7, 11) is 1.49. The van der Waals surface area contributed by atoms with Gasteiger partial charge in [-0.15, -0.1) is 0 Å². The summed E-state index contributed by atoms with van der Waals surface area (Å²) in [6.07, 6.45) is -1.55. The van der Waals surface area contributed by atoms with Gasteiger partial charge < -0.3 is 25.1 Å². The first-order chi connectivity index (χ1) is 9.73. The number of primary amides is 1. The van der Waals surface area contributed by atoms with Gasteiger partial charge in [0.15, 0.2) is 6.10 Å². The fourth-order valence-corrected chi connectivity index (χ4v) is 1.57. The van der Waals surface area contributed by atoms with E-state index in [-0.39, 0.29) is 6.61 Å². The maximum atomic E-state index is 11.0. The Morgan fingerprint density at radius 1 is 1.43 bits per heavy atom. The lowest BCUT2D eigenvalue weighted by atomic mass is 10.1. The van der Waals surface area contributed by atoms with Gasteiger partial charge in [0.05, 0.1) is 19.3 Å². The molecule has 0 saturated carbocycles. The van der Waals surface area contributed by atoms with Crippen molar-refractivity contribution in [3.63, 3.8) is 0 Å². The molecule has 2 atom stereocenters. The predicted molar refractivity (Wildman–Crippen MR) is 75.9 cm³/mol. The Hall–Kier alpha value is -1.86. The molecule has 1 heterocycles. The van der Waals surface area contributed by atoms with Crippen molar-refractivity contribution in [1.82, 2.24) is 4.98 Å². The SMILES string of the molecule is COc1ccc([C@@H](O)[C@H](COC(C)(C)C)OC(N)=O)cn1. The molecule has 7 heteroatoms. The zero-order chi connectivity index (χ0) is 16.0. The van der Waals surface area contributed by atoms with Gasteiger partial charge in [0.1, 0.15) is 6.10 Å². The first-order valence-corrected chi connectivity index (χ1v) is 6.51. The van der Waals surface area contributed by atoms with E-state index in [9.17, 15) is 9.90 Å². The summed E-state index contributed by atoms with van der Waals surface area (Å²) in [6, 6.07) is 3.23. The molecule has 0 saturated heterocycles. The van der Waals surface area contributed by atoms with Crippen LogP contribution in [0.2, 0.25) is 0 Å². The highest BCUT2D eigenvalue weighted by Crippen LogP contribution is 2.22. The highest BCUT2D eigenvalue weighted by Gasteiger charge is 2.27. The number of hydrogen-bond acceptors (Lipinski definition) is 6. The average Bonchev–Trinajstić information content (AvgIpc) is 2.41. The van der Waals surface area contributed by atoms with E-state index in [0.717, 1.165) is 0 Å². The lowest BCUT2D eigenvalue weighted by molar-refractivity contribution is -0.0880. The van der Waals surface area contributed by atoms with Crippen molar-refractivity contribution in [2.45, 2.75) is 38.6 Å². The summed E-state index contributed by atoms with van der Waals surface area (Å²) < 4.78 is 15.4. The molecule has 0 bridgehead atoms. The topological polar surface area (TPSA) is 104 Å². The van der Waals surface area contributed by atoms with E-state index in [1.807, 2.05) is 20.8 Å². The standard InChI is InChI=1S/C14H22N2O5/c1-14(2,3)20-8-10(21-13(15)18)12(17)9-5-6-11(19-4)16-7-9/h5-7,10,12,17H,8H2,1-4H3,(H2,15,18)/t10-,12+/m0/s1. The Kier molecular flexibility index (Phi) is 5.92. The minimum absolute atomic E-state index is 0.0135. The van der Waals surface area contributed by atoms with Crippen LogP contribution in [0.1, 0.15) is 32.4 Å². The van der Waals surface area contributed by atoms with Crippen LogP contribution in [0.3, 0.4) is 0 Å². The Morgan fingerprint density at radius 2 is 2.10 bits per heavy atom. The summed E-state index contributed by atoms with van der Waals surface area (Å²) in [4.78, 5) is 15.0. The quantitative estimate of drug-likeness (QED) is 0.822. The van der Waals surface area contributed by atoms with Crippen LogP contribution in [0, 0.1) is 0 Å². The first kappa shape index (κ1) is 17.2. The number of aromatic nitrogens is 1. The molecule has 0 radical (unpaired) electrons. The number of pyridine rings is 1. The Labute approximate surface area is 124 Å². The number of carbonyl (C=O) groups is 1. The number of hydrogen-bond donors (Lipinski definition) is 2. The molecule has 21 heavy (non-hydrogen) atoms. The van der Waals surface area contributed by atoms with Crippen LogP contribution in [0.5, 0.6) is 5.88 Å². The molecule has 0 aliphatic heterocycles. The number of aliphatic hydroxyl groups is 1. The molecule has 0 spiro atoms. The van der Waals surface area contributed by atoms with Gasteiger partial charge in [0, 0.05) is 17.8 Å². The molecule has 1 rings (SSSR count). The molecule has 1 aromatic rings. The summed E-state index contributed by atoms with van der Waals surface area (Å²) in [5, 5.41) is 10.3. The largest absolute Gasteiger partial charge is 0.481 e. The number of amides is 1. The van der Waals surface area contributed by atoms with Crippen LogP contribution in [0.25, 0.3) is 0 Å². The number of ether oxygens (including phenoxy) is 3. The molecule has 1 aromatic heterocycles. The second-order valence-corrected chi connectivity index (χ2v) is 5.48. The van der Waals surface area contributed by atoms with Crippen LogP contribution in [-0.2, 0) is 9.47 Å². The minimum atomic E-state index is -1.10. The fourth-order valence-electron chi connectivity index (χ4n) is 1.57. The van der Waals surface area contributed by atoms with E-state index < -0.39 is 23.9 Å². The zero-order valence-electron chi connectivity index (χ0n) is 12.7. The molecule has 1 amide bonds. The van der Waals surface area contributed by atoms with Crippen molar-refractivity contribution in [3.8, 4) is 5.88 Å². The molecule has 0 aliphatic rings. The molecule has 7 nitrogen and oxygen atoms in total. The average molecular weight is 298 g/mol. The highest BCUT2D eigenvalue weighted by atomic mass is 16.6. The van der Waals surface area contributed by atoms with Gasteiger partial charge in [-0.05, 0) is 26.8 Å². The van der Waals surface area contributed by atoms with Gasteiger partial charge in [-0.3, -0.25) is 0 Å². The summed E-state index contributed by atoms with van der Waals surface area (Å²) >= 11 is 0. The zero-order valence-corrected chi connectivity index (χ0v) is 12.7. The van der Waals surface area contributed by atoms with E-state index in [4.69, 9.17) is 19.9 Å². The molecule has 0 aliphatic carbocycles. The van der Waals surface area contributed by atoms with Crippen LogP contribution >= 0.6 is 0 Å². The van der Waals surface area contributed by atoms with Crippen molar-refractivity contribution < 1.29 is 24.1 Å². The molecule has 118 valence electrons. The maximum Gasteiger partial charge on any atom is 0.404 e. The minimum Gasteiger partial charge on any atom is -0.481 e. The van der Waals surface area contributed by atoms with Crippen molar-refractivity contribution in [1.29, 1.82) is 0 Å². The van der Waals surface area contributed by atoms with Crippen LogP contribution in [0.15, 0.2) is 18.3 Å². The molecule has 0 fully saturated rings. The second kappa shape index (κ2) is 7.24. The third-order valence-electron chi connectivity index (χ3n) is 2.61. The molecular weight excluding hydrogens is 276 g/mol. The molecule has 3 N–H and O–H groups in total. The van der Waals surface area contributed by atoms with Gasteiger partial charge in [0.25, 0.3) is 0 Å². The number of nitrogens with zero attached hydrogens (tertiary/aromatic N) is 1. The third-order valence-corrected chi connectivity index (χ3v) is 2.61. The van der Waals surface area contributed by atoms with E-state index in [1.54, 1.807) is 12.1 Å². The van der Waals surface area contributed by atoms with Crippen LogP contribution < -0.4 is 10.5 Å². The van der Waals surface area contributed by atoms with E-state index in [0.29, 0.717) is 11.4 Å². The van der Waals surface area contributed by atoms with Gasteiger partial charge >= 0.3 is 6.09 Å². The monoisotopic (exact) mass is 298 g/mol. The van der Waals surface area contributed by atoms with Crippen molar-refractivity contribution in [2.75, 3.05) is 13.7 Å². The Bertz CT molecular complexity index is 455. The van der Waals surface area contributed by atoms with Gasteiger partial charge in [-0.1, -0.05) is 0 Å². The van der Waals surface area contributed by atoms with Crippen molar-refractivity contribution in [2.24, 2.45) is 5.73 Å². The summed E-state index contributed by atoms with van der Waals surface area (Å²) in [6.45, 7) is 5.58. The van der Waals surface area contributed by atoms with Crippen LogP contribution in [-0.4, -0.2) is 41.6 Å². The number of nitrogens with two attached hydrogens (primary N) is 1. The van der Waals surface area contributed by atoms with E-state index in [1.165, 1.54) is 13.3 Å². The fraction of sp³-hybridized carbons (Fsp3) is 0.571. The van der Waals surface area contributed by atoms with Gasteiger partial charge in [-0.2, -0.15) is 0 Å². The smallest absolute Gasteiger partial charge is 0.404 e. The van der Waals surface area contributed by atoms with Crippen LogP contribution in [0.4, 0.5) is 4.79 Å². The Morgan fingerprint density at radius 3 is 2.52 bits per heavy atom. The summed E-state index contributed by atoms with van der Waals surface area (Å²) in [5.74, 6) is 0.421. The number of aliphatic hydroxyl groups excluding tert-OH is 1. The van der Waals surface area contributed by atoms with Gasteiger partial charge in [-0.25, -0.2) is 9.78 Å². The molecular formula is C14H22N2O5. The van der Waals surface area contributed by atoms with E-state index >= 15 is 0 Å². The van der Waals surface area contributed by atoms with Crippen molar-refractivity contribution in [3.05, 3.63) is 23.9 Å². The van der Waals surface area contributed by atoms with E-state index in [2.05, 4.69) is 4.98 Å². The second-order valence-electron chi connectivity index (χ2n) is 5.48. The summed E-state index contributed by atoms with van der Waals surface area (Å²) in [5.41, 5.74) is 5.07. The van der Waals surface area contributed by atoms with Gasteiger partial charge in [0.2, 0.25) is 5.88 Å². The predicted octanol–water partition coefficient (Wildman–Crippen LogP) is 1.40. The molecule has 0 unspecified atom stereocenters. The molecule has 0 aromatic carbocycles. The normalized spacial score (nSPS) is 14.3. The number of carbonyl (C=O) groups excluding carboxylic acids is 1. The third kappa shape index (κ3) is 5.97. The maximum absolute atomic E-state index is 11.0. The first-order valence-electron chi connectivity index (χ1n) is 6.51.